The number of aliphatic hydroxyl groups excluding tert-OH is 5. The van der Waals surface area contributed by atoms with E-state index in [1.165, 1.54) is 83.1 Å². The Morgan fingerprint density at radius 1 is 0.678 bits per heavy atom. The molecular weight excluding hydrogens is 779 g/mol. The molecule has 344 valence electrons. The van der Waals surface area contributed by atoms with Gasteiger partial charge in [-0.3, -0.25) is 9.35 Å². The number of carbonyl (C=O) groups excluding carboxylic acids is 1. The predicted octanol–water partition coefficient (Wildman–Crippen LogP) is 7.46. The molecule has 1 amide bonds. The van der Waals surface area contributed by atoms with Crippen LogP contribution < -0.4 is 5.32 Å². The third-order valence-corrected chi connectivity index (χ3v) is 10.9. The molecule has 8 unspecified atom stereocenters. The maximum Gasteiger partial charge on any atom is 0.397 e. The van der Waals surface area contributed by atoms with Crippen LogP contribution in [0.4, 0.5) is 0 Å². The van der Waals surface area contributed by atoms with Crippen LogP contribution in [0.1, 0.15) is 168 Å². The molecule has 0 aromatic rings. The van der Waals surface area contributed by atoms with Gasteiger partial charge in [-0.05, 0) is 70.6 Å². The van der Waals surface area contributed by atoms with E-state index in [9.17, 15) is 38.7 Å². The number of nitrogens with one attached hydrogen (secondary N) is 1. The van der Waals surface area contributed by atoms with Gasteiger partial charge in [-0.2, -0.15) is 8.42 Å². The molecule has 0 aromatic carbocycles. The lowest BCUT2D eigenvalue weighted by molar-refractivity contribution is -0.298. The topological polar surface area (TPSA) is 212 Å². The second kappa shape index (κ2) is 35.6. The van der Waals surface area contributed by atoms with Crippen molar-refractivity contribution in [1.82, 2.24) is 5.32 Å². The van der Waals surface area contributed by atoms with Crippen molar-refractivity contribution in [2.75, 3.05) is 13.2 Å². The Hall–Kier alpha value is -1.98. The molecule has 7 N–H and O–H groups in total. The molecule has 1 fully saturated rings. The van der Waals surface area contributed by atoms with Crippen molar-refractivity contribution in [1.29, 1.82) is 0 Å². The minimum Gasteiger partial charge on any atom is -0.394 e. The van der Waals surface area contributed by atoms with Gasteiger partial charge in [-0.15, -0.1) is 0 Å². The number of hydrogen-bond acceptors (Lipinski definition) is 11. The molecule has 59 heavy (non-hydrogen) atoms. The van der Waals surface area contributed by atoms with Crippen LogP contribution in [0, 0.1) is 0 Å². The molecule has 1 saturated heterocycles. The fraction of sp³-hybridized carbons (Fsp3) is 0.800. The molecular formula is C45H81NO12S. The molecule has 1 rings (SSSR count). The maximum atomic E-state index is 13.1. The molecule has 1 aliphatic rings. The lowest BCUT2D eigenvalue weighted by Crippen LogP contribution is -2.61. The Morgan fingerprint density at radius 3 is 1.66 bits per heavy atom. The number of ether oxygens (including phenoxy) is 2. The van der Waals surface area contributed by atoms with E-state index in [1.54, 1.807) is 6.08 Å². The summed E-state index contributed by atoms with van der Waals surface area (Å²) in [5.74, 6) is -0.728. The van der Waals surface area contributed by atoms with Crippen molar-refractivity contribution in [3.8, 4) is 0 Å². The minimum absolute atomic E-state index is 0.218. The van der Waals surface area contributed by atoms with Gasteiger partial charge in [0.05, 0.1) is 25.4 Å². The van der Waals surface area contributed by atoms with Gasteiger partial charge in [0.25, 0.3) is 0 Å². The van der Waals surface area contributed by atoms with Crippen LogP contribution in [0.5, 0.6) is 0 Å². The summed E-state index contributed by atoms with van der Waals surface area (Å²) in [6.07, 6.45) is 30.6. The van der Waals surface area contributed by atoms with E-state index in [2.05, 4.69) is 59.8 Å². The largest absolute Gasteiger partial charge is 0.397 e. The molecule has 0 aromatic heterocycles. The first-order chi connectivity index (χ1) is 28.4. The molecule has 1 heterocycles. The average molecular weight is 860 g/mol. The van der Waals surface area contributed by atoms with E-state index >= 15 is 0 Å². The van der Waals surface area contributed by atoms with Crippen molar-refractivity contribution in [2.24, 2.45) is 0 Å². The molecule has 0 spiro atoms. The fourth-order valence-corrected chi connectivity index (χ4v) is 7.29. The van der Waals surface area contributed by atoms with Crippen LogP contribution >= 0.6 is 0 Å². The van der Waals surface area contributed by atoms with E-state index in [0.29, 0.717) is 12.8 Å². The van der Waals surface area contributed by atoms with Crippen LogP contribution in [0.25, 0.3) is 0 Å². The average Bonchev–Trinajstić information content (AvgIpc) is 3.20. The molecule has 0 radical (unpaired) electrons. The molecule has 0 aliphatic carbocycles. The number of rotatable bonds is 37. The van der Waals surface area contributed by atoms with Crippen molar-refractivity contribution in [3.05, 3.63) is 48.6 Å². The van der Waals surface area contributed by atoms with Crippen molar-refractivity contribution in [3.63, 3.8) is 0 Å². The Labute approximate surface area is 356 Å². The highest BCUT2D eigenvalue weighted by molar-refractivity contribution is 7.80. The lowest BCUT2D eigenvalue weighted by atomic mass is 9.99. The molecule has 1 aliphatic heterocycles. The zero-order valence-corrected chi connectivity index (χ0v) is 37.0. The van der Waals surface area contributed by atoms with Gasteiger partial charge < -0.3 is 40.3 Å². The summed E-state index contributed by atoms with van der Waals surface area (Å²) in [6, 6.07) is -1.15. The highest BCUT2D eigenvalue weighted by Gasteiger charge is 2.48. The van der Waals surface area contributed by atoms with Crippen LogP contribution in [-0.4, -0.2) is 107 Å². The highest BCUT2D eigenvalue weighted by Crippen LogP contribution is 2.26. The first-order valence-corrected chi connectivity index (χ1v) is 24.0. The van der Waals surface area contributed by atoms with Gasteiger partial charge in [0, 0.05) is 0 Å². The minimum atomic E-state index is -5.12. The first-order valence-electron chi connectivity index (χ1n) is 22.6. The SMILES string of the molecule is CCCCC/C=C/CC/C=C/CC/C=C/C(O)C(COC1OC(CO)C(O)C(OS(=O)(=O)O)C1O)NC(=O)C(O)CCCCCC/C=C\CCCCCCCCCCC. The van der Waals surface area contributed by atoms with Gasteiger partial charge in [0.15, 0.2) is 6.29 Å². The monoisotopic (exact) mass is 860 g/mol. The molecule has 8 atom stereocenters. The Morgan fingerprint density at radius 2 is 1.14 bits per heavy atom. The van der Waals surface area contributed by atoms with E-state index in [4.69, 9.17) is 14.0 Å². The van der Waals surface area contributed by atoms with Gasteiger partial charge in [-0.1, -0.05) is 146 Å². The normalized spacial score (nSPS) is 21.9. The van der Waals surface area contributed by atoms with Crippen LogP contribution in [0.3, 0.4) is 0 Å². The smallest absolute Gasteiger partial charge is 0.394 e. The standard InChI is InChI=1S/C45H81NO12S/c1-3-5-7-9-11-13-15-17-18-19-20-22-24-26-28-30-32-34-39(49)44(52)46-37(38(48)33-31-29-27-25-23-21-16-14-12-10-8-6-4-2)36-56-45-42(51)43(58-59(53,54)55)41(50)40(35-47)57-45/h12,14,20,22-23,25,31,33,37-43,45,47-51H,3-11,13,15-19,21,24,26-30,32,34-36H2,1-2H3,(H,46,52)(H,53,54,55)/b14-12+,22-20-,25-23+,33-31+. The number of aliphatic hydroxyl groups is 5. The van der Waals surface area contributed by atoms with E-state index in [-0.39, 0.29) is 6.42 Å². The third kappa shape index (κ3) is 28.3. The Bertz CT molecular complexity index is 1260. The van der Waals surface area contributed by atoms with Crippen molar-refractivity contribution >= 4 is 16.3 Å². The zero-order valence-electron chi connectivity index (χ0n) is 36.2. The summed E-state index contributed by atoms with van der Waals surface area (Å²) in [5.41, 5.74) is 0. The van der Waals surface area contributed by atoms with Crippen LogP contribution in [-0.2, 0) is 28.9 Å². The number of amides is 1. The Balaban J connectivity index is 2.63. The second-order valence-electron chi connectivity index (χ2n) is 15.8. The quantitative estimate of drug-likeness (QED) is 0.0184. The summed E-state index contributed by atoms with van der Waals surface area (Å²) in [7, 11) is -5.12. The van der Waals surface area contributed by atoms with Crippen LogP contribution in [0.2, 0.25) is 0 Å². The summed E-state index contributed by atoms with van der Waals surface area (Å²) in [5, 5.41) is 55.1. The van der Waals surface area contributed by atoms with E-state index < -0.39 is 78.5 Å². The van der Waals surface area contributed by atoms with Gasteiger partial charge >= 0.3 is 10.4 Å². The molecule has 13 nitrogen and oxygen atoms in total. The maximum absolute atomic E-state index is 13.1. The fourth-order valence-electron chi connectivity index (χ4n) is 6.78. The number of carbonyl (C=O) groups is 1. The molecule has 0 bridgehead atoms. The number of allylic oxidation sites excluding steroid dienone is 7. The van der Waals surface area contributed by atoms with Crippen LogP contribution in [0.15, 0.2) is 48.6 Å². The molecule has 0 saturated carbocycles. The molecule has 14 heteroatoms. The Kier molecular flexibility index (Phi) is 33.2. The summed E-state index contributed by atoms with van der Waals surface area (Å²) in [4.78, 5) is 13.1. The van der Waals surface area contributed by atoms with E-state index in [0.717, 1.165) is 57.8 Å². The van der Waals surface area contributed by atoms with Gasteiger partial charge in [0.1, 0.15) is 30.5 Å². The van der Waals surface area contributed by atoms with Crippen molar-refractivity contribution < 1.29 is 57.0 Å². The number of hydrogen-bond donors (Lipinski definition) is 7. The lowest BCUT2D eigenvalue weighted by Gasteiger charge is -2.41. The number of unbranched alkanes of at least 4 members (excludes halogenated alkanes) is 18. The van der Waals surface area contributed by atoms with E-state index in [1.807, 2.05) is 0 Å². The highest BCUT2D eigenvalue weighted by atomic mass is 32.3. The summed E-state index contributed by atoms with van der Waals surface area (Å²) in [6.45, 7) is 3.14. The first kappa shape index (κ1) is 55.0. The van der Waals surface area contributed by atoms with Gasteiger partial charge in [0.2, 0.25) is 5.91 Å². The summed E-state index contributed by atoms with van der Waals surface area (Å²) < 4.78 is 47.4. The van der Waals surface area contributed by atoms with Crippen molar-refractivity contribution in [2.45, 2.75) is 217 Å². The third-order valence-electron chi connectivity index (χ3n) is 10.4. The zero-order chi connectivity index (χ0) is 43.6. The second-order valence-corrected chi connectivity index (χ2v) is 16.8. The summed E-state index contributed by atoms with van der Waals surface area (Å²) >= 11 is 0. The predicted molar refractivity (Wildman–Crippen MR) is 233 cm³/mol. The van der Waals surface area contributed by atoms with Gasteiger partial charge in [-0.25, -0.2) is 4.18 Å².